The van der Waals surface area contributed by atoms with Crippen LogP contribution in [0.25, 0.3) is 0 Å². The van der Waals surface area contributed by atoms with E-state index in [1.165, 1.54) is 0 Å². The third kappa shape index (κ3) is 8.21. The van der Waals surface area contributed by atoms with Crippen molar-refractivity contribution in [1.29, 1.82) is 0 Å². The van der Waals surface area contributed by atoms with E-state index in [9.17, 15) is 0 Å². The average Bonchev–Trinajstić information content (AvgIpc) is 1.68. The zero-order chi connectivity index (χ0) is 6.41. The van der Waals surface area contributed by atoms with Crippen molar-refractivity contribution in [3.05, 3.63) is 0 Å². The molecule has 0 aliphatic heterocycles. The second kappa shape index (κ2) is 8.21. The molecule has 0 aromatic rings. The summed E-state index contributed by atoms with van der Waals surface area (Å²) in [5.41, 5.74) is 0. The first kappa shape index (κ1) is 11.9. The molecule has 0 radical (unpaired) electrons. The summed E-state index contributed by atoms with van der Waals surface area (Å²) in [6, 6.07) is 0. The third-order valence-electron chi connectivity index (χ3n) is 1.02. The minimum absolute atomic E-state index is 0. The van der Waals surface area contributed by atoms with E-state index in [4.69, 9.17) is 5.84 Å². The summed E-state index contributed by atoms with van der Waals surface area (Å²) in [7, 11) is 0. The number of nitrogens with two attached hydrogens (primary N) is 1. The van der Waals surface area contributed by atoms with Crippen molar-refractivity contribution >= 4 is 12.4 Å². The lowest BCUT2D eigenvalue weighted by molar-refractivity contribution is 0.284. The molecule has 0 aliphatic rings. The number of nitrogens with zero attached hydrogens (tertiary/aromatic N) is 1. The van der Waals surface area contributed by atoms with E-state index in [0.717, 1.165) is 25.9 Å². The molecule has 2 N–H and O–H groups in total. The molecule has 0 atom stereocenters. The maximum Gasteiger partial charge on any atom is 0.0125 e. The highest BCUT2D eigenvalue weighted by molar-refractivity contribution is 5.85. The number of hydrazine groups is 1. The van der Waals surface area contributed by atoms with Crippen LogP contribution in [0.3, 0.4) is 0 Å². The molecule has 0 amide bonds. The van der Waals surface area contributed by atoms with E-state index >= 15 is 0 Å². The number of rotatable bonds is 4. The summed E-state index contributed by atoms with van der Waals surface area (Å²) in [4.78, 5) is 0. The summed E-state index contributed by atoms with van der Waals surface area (Å²) in [6.45, 7) is 6.31. The third-order valence-corrected chi connectivity index (χ3v) is 1.02. The van der Waals surface area contributed by atoms with Crippen LogP contribution in [0.5, 0.6) is 0 Å². The quantitative estimate of drug-likeness (QED) is 0.488. The van der Waals surface area contributed by atoms with Crippen LogP contribution in [0.4, 0.5) is 0 Å². The largest absolute Gasteiger partial charge is 0.269 e. The topological polar surface area (TPSA) is 29.3 Å². The predicted molar refractivity (Wildman–Crippen MR) is 43.6 cm³/mol. The highest BCUT2D eigenvalue weighted by Crippen LogP contribution is 1.83. The first-order valence-corrected chi connectivity index (χ1v) is 3.30. The van der Waals surface area contributed by atoms with E-state index in [-0.39, 0.29) is 12.4 Å². The molecule has 0 aliphatic carbocycles. The Kier molecular flexibility index (Phi) is 10.9. The molecule has 0 fully saturated rings. The SMILES string of the molecule is CCCN(N)CCC.Cl. The number of hydrogen-bond donors (Lipinski definition) is 1. The van der Waals surface area contributed by atoms with Gasteiger partial charge < -0.3 is 0 Å². The Morgan fingerprint density at radius 3 is 1.67 bits per heavy atom. The van der Waals surface area contributed by atoms with Gasteiger partial charge in [0.15, 0.2) is 0 Å². The van der Waals surface area contributed by atoms with Crippen molar-refractivity contribution < 1.29 is 0 Å². The van der Waals surface area contributed by atoms with Crippen LogP contribution in [-0.2, 0) is 0 Å². The van der Waals surface area contributed by atoms with Gasteiger partial charge in [-0.15, -0.1) is 12.4 Å². The van der Waals surface area contributed by atoms with Gasteiger partial charge in [-0.2, -0.15) is 0 Å². The normalized spacial score (nSPS) is 9.33. The van der Waals surface area contributed by atoms with Gasteiger partial charge in [-0.05, 0) is 12.8 Å². The molecule has 0 bridgehead atoms. The highest BCUT2D eigenvalue weighted by atomic mass is 35.5. The fourth-order valence-corrected chi connectivity index (χ4v) is 0.686. The molecule has 3 heteroatoms. The van der Waals surface area contributed by atoms with Crippen LogP contribution in [0.2, 0.25) is 0 Å². The summed E-state index contributed by atoms with van der Waals surface area (Å²) < 4.78 is 0. The van der Waals surface area contributed by atoms with Gasteiger partial charge in [0.2, 0.25) is 0 Å². The van der Waals surface area contributed by atoms with Crippen LogP contribution in [0, 0.1) is 0 Å². The molecule has 0 heterocycles. The first-order valence-electron chi connectivity index (χ1n) is 3.30. The van der Waals surface area contributed by atoms with Crippen molar-refractivity contribution in [2.75, 3.05) is 13.1 Å². The lowest BCUT2D eigenvalue weighted by atomic mass is 10.4. The van der Waals surface area contributed by atoms with Gasteiger partial charge in [0.1, 0.15) is 0 Å². The van der Waals surface area contributed by atoms with E-state index in [1.807, 2.05) is 5.01 Å². The standard InChI is InChI=1S/C6H16N2.ClH/c1-3-5-8(7)6-4-2;/h3-7H2,1-2H3;1H. The molecule has 0 aromatic carbocycles. The van der Waals surface area contributed by atoms with Crippen LogP contribution >= 0.6 is 12.4 Å². The fourth-order valence-electron chi connectivity index (χ4n) is 0.686. The summed E-state index contributed by atoms with van der Waals surface area (Å²) in [5, 5.41) is 1.86. The minimum Gasteiger partial charge on any atom is -0.269 e. The van der Waals surface area contributed by atoms with E-state index in [2.05, 4.69) is 13.8 Å². The van der Waals surface area contributed by atoms with E-state index < -0.39 is 0 Å². The molecule has 0 spiro atoms. The van der Waals surface area contributed by atoms with Gasteiger partial charge in [-0.3, -0.25) is 5.84 Å². The Hall–Kier alpha value is 0.210. The van der Waals surface area contributed by atoms with Crippen molar-refractivity contribution in [2.24, 2.45) is 5.84 Å². The smallest absolute Gasteiger partial charge is 0.0125 e. The van der Waals surface area contributed by atoms with Crippen LogP contribution < -0.4 is 5.84 Å². The second-order valence-corrected chi connectivity index (χ2v) is 2.04. The lowest BCUT2D eigenvalue weighted by Gasteiger charge is -2.12. The van der Waals surface area contributed by atoms with Gasteiger partial charge >= 0.3 is 0 Å². The van der Waals surface area contributed by atoms with Crippen LogP contribution in [0.1, 0.15) is 26.7 Å². The molecule has 58 valence electrons. The Bertz CT molecular complexity index is 44.3. The van der Waals surface area contributed by atoms with Gasteiger partial charge in [-0.25, -0.2) is 5.01 Å². The first-order chi connectivity index (χ1) is 3.81. The maximum atomic E-state index is 5.53. The van der Waals surface area contributed by atoms with Crippen molar-refractivity contribution in [1.82, 2.24) is 5.01 Å². The molecular formula is C6H17ClN2. The predicted octanol–water partition coefficient (Wildman–Crippen LogP) is 1.40. The second-order valence-electron chi connectivity index (χ2n) is 2.04. The number of halogens is 1. The molecule has 0 unspecified atom stereocenters. The van der Waals surface area contributed by atoms with E-state index in [0.29, 0.717) is 0 Å². The zero-order valence-electron chi connectivity index (χ0n) is 6.26. The van der Waals surface area contributed by atoms with Gasteiger partial charge in [-0.1, -0.05) is 13.8 Å². The summed E-state index contributed by atoms with van der Waals surface area (Å²) >= 11 is 0. The van der Waals surface area contributed by atoms with Crippen LogP contribution in [-0.4, -0.2) is 18.1 Å². The highest BCUT2D eigenvalue weighted by Gasteiger charge is 1.90. The van der Waals surface area contributed by atoms with Crippen molar-refractivity contribution in [3.63, 3.8) is 0 Å². The molecule has 2 nitrogen and oxygen atoms in total. The summed E-state index contributed by atoms with van der Waals surface area (Å²) in [5.74, 6) is 5.53. The molecule has 0 aromatic heterocycles. The minimum atomic E-state index is 0. The average molecular weight is 153 g/mol. The Balaban J connectivity index is 0. The van der Waals surface area contributed by atoms with Crippen LogP contribution in [0.15, 0.2) is 0 Å². The van der Waals surface area contributed by atoms with Gasteiger partial charge in [0.25, 0.3) is 0 Å². The number of hydrogen-bond acceptors (Lipinski definition) is 2. The molecule has 0 saturated carbocycles. The molecular weight excluding hydrogens is 136 g/mol. The van der Waals surface area contributed by atoms with E-state index in [1.54, 1.807) is 0 Å². The molecule has 9 heavy (non-hydrogen) atoms. The Morgan fingerprint density at radius 2 is 1.44 bits per heavy atom. The Labute approximate surface area is 63.8 Å². The molecule has 0 saturated heterocycles. The molecule has 0 rings (SSSR count). The monoisotopic (exact) mass is 152 g/mol. The zero-order valence-corrected chi connectivity index (χ0v) is 7.08. The maximum absolute atomic E-state index is 5.53. The summed E-state index contributed by atoms with van der Waals surface area (Å²) in [6.07, 6.45) is 2.30. The van der Waals surface area contributed by atoms with Crippen molar-refractivity contribution in [2.45, 2.75) is 26.7 Å². The lowest BCUT2D eigenvalue weighted by Crippen LogP contribution is -2.32. The Morgan fingerprint density at radius 1 is 1.11 bits per heavy atom. The van der Waals surface area contributed by atoms with Crippen molar-refractivity contribution in [3.8, 4) is 0 Å². The van der Waals surface area contributed by atoms with Gasteiger partial charge in [0, 0.05) is 13.1 Å². The van der Waals surface area contributed by atoms with Gasteiger partial charge in [0.05, 0.1) is 0 Å². The fraction of sp³-hybridized carbons (Fsp3) is 1.00.